The zero-order valence-electron chi connectivity index (χ0n) is 13.5. The molecule has 0 spiro atoms. The third-order valence-electron chi connectivity index (χ3n) is 3.75. The van der Waals surface area contributed by atoms with E-state index < -0.39 is 10.0 Å². The predicted molar refractivity (Wildman–Crippen MR) is 83.9 cm³/mol. The number of carbonyl (C=O) groups is 1. The Morgan fingerprint density at radius 1 is 1.24 bits per heavy atom. The molecule has 6 heteroatoms. The monoisotopic (exact) mass is 312 g/mol. The Kier molecular flexibility index (Phi) is 4.85. The van der Waals surface area contributed by atoms with Gasteiger partial charge in [0.1, 0.15) is 0 Å². The molecule has 0 saturated heterocycles. The van der Waals surface area contributed by atoms with Gasteiger partial charge in [0.05, 0.1) is 4.90 Å². The van der Waals surface area contributed by atoms with Gasteiger partial charge in [-0.15, -0.1) is 0 Å². The van der Waals surface area contributed by atoms with Crippen LogP contribution in [-0.2, 0) is 10.0 Å². The van der Waals surface area contributed by atoms with Crippen molar-refractivity contribution in [1.82, 2.24) is 5.32 Å². The quantitative estimate of drug-likeness (QED) is 0.893. The van der Waals surface area contributed by atoms with Gasteiger partial charge in [-0.05, 0) is 57.7 Å². The van der Waals surface area contributed by atoms with Gasteiger partial charge in [-0.2, -0.15) is 0 Å². The van der Waals surface area contributed by atoms with Crippen molar-refractivity contribution in [2.75, 3.05) is 0 Å². The topological polar surface area (TPSA) is 89.3 Å². The molecule has 21 heavy (non-hydrogen) atoms. The van der Waals surface area contributed by atoms with Gasteiger partial charge in [-0.25, -0.2) is 13.6 Å². The summed E-state index contributed by atoms with van der Waals surface area (Å²) in [5.74, 6) is -0.276. The molecule has 0 saturated carbocycles. The number of hydrogen-bond donors (Lipinski definition) is 2. The average molecular weight is 312 g/mol. The number of sulfonamides is 1. The summed E-state index contributed by atoms with van der Waals surface area (Å²) in [6, 6.07) is 1.68. The lowest BCUT2D eigenvalue weighted by atomic mass is 9.96. The molecule has 0 heterocycles. The maximum atomic E-state index is 12.5. The molecule has 3 N–H and O–H groups in total. The zero-order valence-corrected chi connectivity index (χ0v) is 14.3. The first-order valence-electron chi connectivity index (χ1n) is 6.87. The van der Waals surface area contributed by atoms with Crippen LogP contribution in [-0.4, -0.2) is 19.9 Å². The highest BCUT2D eigenvalue weighted by atomic mass is 32.2. The number of primary sulfonamides is 1. The Bertz CT molecular complexity index is 677. The van der Waals surface area contributed by atoms with Crippen LogP contribution in [0.25, 0.3) is 0 Å². The molecule has 5 nitrogen and oxygen atoms in total. The first-order valence-corrected chi connectivity index (χ1v) is 8.41. The van der Waals surface area contributed by atoms with Crippen LogP contribution in [0.2, 0.25) is 0 Å². The Morgan fingerprint density at radius 2 is 1.76 bits per heavy atom. The Labute approximate surface area is 127 Å². The smallest absolute Gasteiger partial charge is 0.252 e. The van der Waals surface area contributed by atoms with E-state index in [0.717, 1.165) is 12.0 Å². The number of aryl methyl sites for hydroxylation is 2. The number of rotatable bonds is 4. The summed E-state index contributed by atoms with van der Waals surface area (Å²) in [6.45, 7) is 10.9. The number of nitrogens with two attached hydrogens (primary N) is 1. The molecule has 1 aromatic rings. The highest BCUT2D eigenvalue weighted by Crippen LogP contribution is 2.26. The first-order chi connectivity index (χ1) is 9.40. The van der Waals surface area contributed by atoms with Crippen molar-refractivity contribution in [3.05, 3.63) is 28.3 Å². The minimum atomic E-state index is -3.87. The van der Waals surface area contributed by atoms with E-state index in [1.165, 1.54) is 0 Å². The van der Waals surface area contributed by atoms with Crippen molar-refractivity contribution in [3.8, 4) is 0 Å². The summed E-state index contributed by atoms with van der Waals surface area (Å²) in [6.07, 6.45) is 0.769. The Hall–Kier alpha value is -1.40. The van der Waals surface area contributed by atoms with Gasteiger partial charge in [0.15, 0.2) is 0 Å². The molecule has 1 amide bonds. The second kappa shape index (κ2) is 5.77. The number of hydrogen-bond acceptors (Lipinski definition) is 3. The fourth-order valence-corrected chi connectivity index (χ4v) is 3.45. The summed E-state index contributed by atoms with van der Waals surface area (Å²) >= 11 is 0. The third-order valence-corrected chi connectivity index (χ3v) is 4.95. The van der Waals surface area contributed by atoms with Crippen molar-refractivity contribution in [1.29, 1.82) is 0 Å². The van der Waals surface area contributed by atoms with Crippen LogP contribution in [0.4, 0.5) is 0 Å². The molecule has 0 aliphatic rings. The van der Waals surface area contributed by atoms with Crippen molar-refractivity contribution >= 4 is 15.9 Å². The minimum absolute atomic E-state index is 0.0348. The van der Waals surface area contributed by atoms with Gasteiger partial charge in [0, 0.05) is 11.1 Å². The van der Waals surface area contributed by atoms with Crippen LogP contribution < -0.4 is 10.5 Å². The normalized spacial score (nSPS) is 12.3. The average Bonchev–Trinajstić information content (AvgIpc) is 2.24. The number of amides is 1. The first kappa shape index (κ1) is 17.7. The van der Waals surface area contributed by atoms with Gasteiger partial charge in [-0.3, -0.25) is 4.79 Å². The van der Waals surface area contributed by atoms with Crippen LogP contribution >= 0.6 is 0 Å². The highest BCUT2D eigenvalue weighted by molar-refractivity contribution is 7.89. The largest absolute Gasteiger partial charge is 0.347 e. The van der Waals surface area contributed by atoms with E-state index in [9.17, 15) is 13.2 Å². The SMILES string of the molecule is CCC(C)(C)NC(=O)c1c(C)cc(C)c(S(N)(=O)=O)c1C. The summed E-state index contributed by atoms with van der Waals surface area (Å²) in [5.41, 5.74) is 1.72. The van der Waals surface area contributed by atoms with E-state index in [1.807, 2.05) is 20.8 Å². The number of benzene rings is 1. The van der Waals surface area contributed by atoms with Gasteiger partial charge < -0.3 is 5.32 Å². The number of carbonyl (C=O) groups excluding carboxylic acids is 1. The van der Waals surface area contributed by atoms with Crippen molar-refractivity contribution in [2.24, 2.45) is 5.14 Å². The Balaban J connectivity index is 3.48. The lowest BCUT2D eigenvalue weighted by Gasteiger charge is -2.26. The molecule has 1 aromatic carbocycles. The van der Waals surface area contributed by atoms with E-state index in [4.69, 9.17) is 5.14 Å². The summed E-state index contributed by atoms with van der Waals surface area (Å²) in [5, 5.41) is 8.20. The molecule has 0 bridgehead atoms. The van der Waals surface area contributed by atoms with Crippen LogP contribution in [0.5, 0.6) is 0 Å². The molecule has 0 fully saturated rings. The van der Waals surface area contributed by atoms with Gasteiger partial charge >= 0.3 is 0 Å². The van der Waals surface area contributed by atoms with E-state index in [0.29, 0.717) is 16.7 Å². The molecular weight excluding hydrogens is 288 g/mol. The van der Waals surface area contributed by atoms with Crippen LogP contribution in [0.1, 0.15) is 54.2 Å². The maximum absolute atomic E-state index is 12.5. The molecule has 0 aliphatic heterocycles. The molecule has 0 atom stereocenters. The van der Waals surface area contributed by atoms with E-state index >= 15 is 0 Å². The third kappa shape index (κ3) is 3.83. The Morgan fingerprint density at radius 3 is 2.19 bits per heavy atom. The summed E-state index contributed by atoms with van der Waals surface area (Å²) in [7, 11) is -3.87. The van der Waals surface area contributed by atoms with E-state index in [-0.39, 0.29) is 16.3 Å². The lowest BCUT2D eigenvalue weighted by molar-refractivity contribution is 0.0909. The molecule has 0 unspecified atom stereocenters. The fraction of sp³-hybridized carbons (Fsp3) is 0.533. The van der Waals surface area contributed by atoms with Crippen LogP contribution in [0, 0.1) is 20.8 Å². The minimum Gasteiger partial charge on any atom is -0.347 e. The molecule has 0 radical (unpaired) electrons. The van der Waals surface area contributed by atoms with Gasteiger partial charge in [0.2, 0.25) is 10.0 Å². The van der Waals surface area contributed by atoms with Crippen molar-refractivity contribution in [2.45, 2.75) is 58.4 Å². The second-order valence-corrected chi connectivity index (χ2v) is 7.57. The summed E-state index contributed by atoms with van der Waals surface area (Å²) in [4.78, 5) is 12.5. The highest BCUT2D eigenvalue weighted by Gasteiger charge is 2.25. The van der Waals surface area contributed by atoms with Crippen LogP contribution in [0.3, 0.4) is 0 Å². The standard InChI is InChI=1S/C15H24N2O3S/c1-7-15(5,6)17-14(18)12-9(2)8-10(3)13(11(12)4)21(16,19)20/h8H,7H2,1-6H3,(H,17,18)(H2,16,19,20). The zero-order chi connectivity index (χ0) is 16.6. The summed E-state index contributed by atoms with van der Waals surface area (Å²) < 4.78 is 23.5. The fourth-order valence-electron chi connectivity index (χ4n) is 2.41. The van der Waals surface area contributed by atoms with E-state index in [2.05, 4.69) is 5.32 Å². The van der Waals surface area contributed by atoms with E-state index in [1.54, 1.807) is 26.8 Å². The van der Waals surface area contributed by atoms with Crippen LogP contribution in [0.15, 0.2) is 11.0 Å². The molecular formula is C15H24N2O3S. The van der Waals surface area contributed by atoms with Crippen molar-refractivity contribution in [3.63, 3.8) is 0 Å². The maximum Gasteiger partial charge on any atom is 0.252 e. The molecule has 0 aliphatic carbocycles. The van der Waals surface area contributed by atoms with Gasteiger partial charge in [-0.1, -0.05) is 13.0 Å². The van der Waals surface area contributed by atoms with Crippen molar-refractivity contribution < 1.29 is 13.2 Å². The van der Waals surface area contributed by atoms with Gasteiger partial charge in [0.25, 0.3) is 5.91 Å². The number of nitrogens with one attached hydrogen (secondary N) is 1. The molecule has 118 valence electrons. The molecule has 0 aromatic heterocycles. The second-order valence-electron chi connectivity index (χ2n) is 6.08. The molecule has 1 rings (SSSR count). The lowest BCUT2D eigenvalue weighted by Crippen LogP contribution is -2.43. The predicted octanol–water partition coefficient (Wildman–Crippen LogP) is 2.18.